The molecule has 4 rings (SSSR count). The highest BCUT2D eigenvalue weighted by Gasteiger charge is 2.20. The smallest absolute Gasteiger partial charge is 0.262 e. The van der Waals surface area contributed by atoms with E-state index in [1.165, 1.54) is 30.7 Å². The molecule has 0 spiro atoms. The van der Waals surface area contributed by atoms with Gasteiger partial charge in [-0.3, -0.25) is 9.52 Å². The molecule has 7 nitrogen and oxygen atoms in total. The normalized spacial score (nSPS) is 17.7. The summed E-state index contributed by atoms with van der Waals surface area (Å²) in [7, 11) is 0.129. The van der Waals surface area contributed by atoms with Crippen LogP contribution in [-0.4, -0.2) is 38.5 Å². The van der Waals surface area contributed by atoms with Crippen molar-refractivity contribution in [2.24, 2.45) is 0 Å². The number of nitrogens with one attached hydrogen (secondary N) is 2. The molecule has 0 radical (unpaired) electrons. The van der Waals surface area contributed by atoms with Crippen molar-refractivity contribution in [3.63, 3.8) is 0 Å². The third-order valence-corrected chi connectivity index (χ3v) is 9.54. The average Bonchev–Trinajstić information content (AvgIpc) is 3.31. The molecule has 2 aromatic rings. The molecule has 0 aliphatic carbocycles. The fraction of sp³-hybridized carbons (Fsp3) is 0.409. The molecule has 2 aliphatic rings. The van der Waals surface area contributed by atoms with E-state index in [9.17, 15) is 13.2 Å². The first-order valence-corrected chi connectivity index (χ1v) is 14.5. The Morgan fingerprint density at radius 2 is 1.75 bits per heavy atom. The van der Waals surface area contributed by atoms with E-state index in [1.807, 2.05) is 21.6 Å². The van der Waals surface area contributed by atoms with Crippen LogP contribution in [0.5, 0.6) is 11.5 Å². The summed E-state index contributed by atoms with van der Waals surface area (Å²) in [6.45, 7) is 0.828. The lowest BCUT2D eigenvalue weighted by molar-refractivity contribution is -0.116. The van der Waals surface area contributed by atoms with Crippen LogP contribution >= 0.6 is 21.6 Å². The molecule has 1 amide bonds. The molecule has 0 aromatic heterocycles. The zero-order chi connectivity index (χ0) is 22.4. The van der Waals surface area contributed by atoms with Gasteiger partial charge in [-0.1, -0.05) is 28.0 Å². The molecule has 1 saturated heterocycles. The lowest BCUT2D eigenvalue weighted by atomic mass is 10.1. The van der Waals surface area contributed by atoms with Crippen LogP contribution in [0.25, 0.3) is 0 Å². The monoisotopic (exact) mass is 494 g/mol. The first-order valence-electron chi connectivity index (χ1n) is 10.6. The van der Waals surface area contributed by atoms with Crippen molar-refractivity contribution >= 4 is 48.9 Å². The summed E-state index contributed by atoms with van der Waals surface area (Å²) < 4.78 is 38.9. The summed E-state index contributed by atoms with van der Waals surface area (Å²) in [5.41, 5.74) is 1.05. The van der Waals surface area contributed by atoms with Crippen molar-refractivity contribution < 1.29 is 22.7 Å². The van der Waals surface area contributed by atoms with E-state index in [1.54, 1.807) is 30.3 Å². The number of rotatable bonds is 9. The lowest BCUT2D eigenvalue weighted by Gasteiger charge is -2.19. The van der Waals surface area contributed by atoms with Crippen molar-refractivity contribution in [3.8, 4) is 11.5 Å². The molecule has 0 bridgehead atoms. The van der Waals surface area contributed by atoms with E-state index < -0.39 is 10.0 Å². The quantitative estimate of drug-likeness (QED) is 0.378. The summed E-state index contributed by atoms with van der Waals surface area (Å²) >= 11 is 0. The maximum Gasteiger partial charge on any atom is 0.262 e. The fourth-order valence-corrected chi connectivity index (χ4v) is 7.57. The Kier molecular flexibility index (Phi) is 7.75. The Morgan fingerprint density at radius 1 is 1.00 bits per heavy atom. The number of carbonyl (C=O) groups excluding carboxylic acids is 1. The summed E-state index contributed by atoms with van der Waals surface area (Å²) in [6, 6.07) is 11.1. The number of sulfonamides is 1. The first-order chi connectivity index (χ1) is 15.5. The third kappa shape index (κ3) is 6.26. The van der Waals surface area contributed by atoms with Gasteiger partial charge >= 0.3 is 0 Å². The van der Waals surface area contributed by atoms with Gasteiger partial charge in [0.25, 0.3) is 10.0 Å². The Labute approximate surface area is 196 Å². The van der Waals surface area contributed by atoms with Crippen molar-refractivity contribution in [2.45, 2.75) is 42.2 Å². The largest absolute Gasteiger partial charge is 0.486 e. The van der Waals surface area contributed by atoms with E-state index in [0.717, 1.165) is 18.1 Å². The van der Waals surface area contributed by atoms with Crippen LogP contribution in [0.1, 0.15) is 32.1 Å². The molecule has 1 unspecified atom stereocenters. The van der Waals surface area contributed by atoms with Crippen LogP contribution < -0.4 is 19.5 Å². The number of hydrogen-bond acceptors (Lipinski definition) is 7. The summed E-state index contributed by atoms with van der Waals surface area (Å²) in [4.78, 5) is 12.3. The van der Waals surface area contributed by atoms with Gasteiger partial charge in [-0.15, -0.1) is 0 Å². The van der Waals surface area contributed by atoms with Crippen LogP contribution in [0.2, 0.25) is 0 Å². The third-order valence-electron chi connectivity index (χ3n) is 5.15. The Hall–Kier alpha value is -2.04. The molecule has 2 heterocycles. The van der Waals surface area contributed by atoms with Gasteiger partial charge in [0.2, 0.25) is 5.91 Å². The van der Waals surface area contributed by atoms with Crippen molar-refractivity contribution in [1.82, 2.24) is 0 Å². The zero-order valence-corrected chi connectivity index (χ0v) is 20.0. The average molecular weight is 495 g/mol. The zero-order valence-electron chi connectivity index (χ0n) is 17.5. The van der Waals surface area contributed by atoms with Crippen molar-refractivity contribution in [2.75, 3.05) is 29.0 Å². The number of anilines is 2. The van der Waals surface area contributed by atoms with Crippen molar-refractivity contribution in [1.29, 1.82) is 0 Å². The fourth-order valence-electron chi connectivity index (χ4n) is 3.47. The molecule has 2 aromatic carbocycles. The molecule has 2 aliphatic heterocycles. The Morgan fingerprint density at radius 3 is 2.50 bits per heavy atom. The van der Waals surface area contributed by atoms with Crippen LogP contribution in [0, 0.1) is 0 Å². The van der Waals surface area contributed by atoms with Crippen LogP contribution in [-0.2, 0) is 14.8 Å². The second kappa shape index (κ2) is 10.7. The summed E-state index contributed by atoms with van der Waals surface area (Å²) in [5, 5.41) is 3.61. The molecule has 1 atom stereocenters. The second-order valence-electron chi connectivity index (χ2n) is 7.61. The number of unbranched alkanes of at least 4 members (excludes halogenated alkanes) is 1. The van der Waals surface area contributed by atoms with Gasteiger partial charge in [-0.2, -0.15) is 0 Å². The predicted molar refractivity (Wildman–Crippen MR) is 130 cm³/mol. The van der Waals surface area contributed by atoms with E-state index in [4.69, 9.17) is 9.47 Å². The van der Waals surface area contributed by atoms with Gasteiger partial charge in [0.1, 0.15) is 13.2 Å². The van der Waals surface area contributed by atoms with Gasteiger partial charge in [0.15, 0.2) is 11.5 Å². The molecule has 172 valence electrons. The highest BCUT2D eigenvalue weighted by molar-refractivity contribution is 8.77. The minimum atomic E-state index is -3.78. The molecular formula is C22H26N2O5S3. The minimum Gasteiger partial charge on any atom is -0.486 e. The van der Waals surface area contributed by atoms with Crippen molar-refractivity contribution in [3.05, 3.63) is 42.5 Å². The highest BCUT2D eigenvalue weighted by atomic mass is 33.1. The maximum atomic E-state index is 12.7. The lowest BCUT2D eigenvalue weighted by Crippen LogP contribution is -2.17. The first kappa shape index (κ1) is 23.1. The summed E-state index contributed by atoms with van der Waals surface area (Å²) in [5.74, 6) is 2.16. The van der Waals surface area contributed by atoms with Crippen LogP contribution in [0.4, 0.5) is 11.4 Å². The number of hydrogen-bond donors (Lipinski definition) is 2. The molecule has 10 heteroatoms. The number of fused-ring (bicyclic) bond motifs is 1. The number of carbonyl (C=O) groups is 1. The van der Waals surface area contributed by atoms with E-state index in [0.29, 0.717) is 42.5 Å². The van der Waals surface area contributed by atoms with Crippen LogP contribution in [0.15, 0.2) is 47.4 Å². The van der Waals surface area contributed by atoms with E-state index in [2.05, 4.69) is 10.0 Å². The van der Waals surface area contributed by atoms with Gasteiger partial charge in [-0.25, -0.2) is 8.42 Å². The Balaban J connectivity index is 1.27. The highest BCUT2D eigenvalue weighted by Crippen LogP contribution is 2.40. The maximum absolute atomic E-state index is 12.7. The molecule has 0 saturated carbocycles. The molecule has 2 N–H and O–H groups in total. The number of benzene rings is 2. The summed E-state index contributed by atoms with van der Waals surface area (Å²) in [6.07, 6.45) is 4.87. The Bertz CT molecular complexity index is 1040. The molecule has 32 heavy (non-hydrogen) atoms. The topological polar surface area (TPSA) is 93.7 Å². The SMILES string of the molecule is O=C(CCCCC1CCSS1)Nc1ccc(NS(=O)(=O)c2ccc3c(c2)OCCO3)cc1. The second-order valence-corrected chi connectivity index (χ2v) is 12.1. The van der Waals surface area contributed by atoms with Gasteiger partial charge in [-0.05, 0) is 55.7 Å². The number of amides is 1. The minimum absolute atomic E-state index is 0.0249. The number of ether oxygens (including phenoxy) is 2. The van der Waals surface area contributed by atoms with Crippen LogP contribution in [0.3, 0.4) is 0 Å². The van der Waals surface area contributed by atoms with E-state index >= 15 is 0 Å². The molecular weight excluding hydrogens is 468 g/mol. The van der Waals surface area contributed by atoms with E-state index in [-0.39, 0.29) is 10.8 Å². The standard InChI is InChI=1S/C22H26N2O5S3/c25-22(4-2-1-3-18-11-14-30-31-18)23-16-5-7-17(8-6-16)24-32(26,27)19-9-10-20-21(15-19)29-13-12-28-20/h5-10,15,18,24H,1-4,11-14H2,(H,23,25). The van der Waals surface area contributed by atoms with Gasteiger partial charge in [0, 0.05) is 34.9 Å². The predicted octanol–water partition coefficient (Wildman–Crippen LogP) is 4.91. The van der Waals surface area contributed by atoms with Gasteiger partial charge < -0.3 is 14.8 Å². The van der Waals surface area contributed by atoms with Gasteiger partial charge in [0.05, 0.1) is 4.90 Å². The molecule has 1 fully saturated rings.